The van der Waals surface area contributed by atoms with Crippen molar-refractivity contribution in [3.8, 4) is 0 Å². The molecule has 1 heterocycles. The minimum absolute atomic E-state index is 0.242. The normalized spacial score (nSPS) is 12.2. The quantitative estimate of drug-likeness (QED) is 0.843. The molecule has 0 saturated heterocycles. The van der Waals surface area contributed by atoms with Crippen LogP contribution in [0.15, 0.2) is 0 Å². The van der Waals surface area contributed by atoms with Crippen molar-refractivity contribution in [1.29, 1.82) is 0 Å². The third kappa shape index (κ3) is 3.16. The van der Waals surface area contributed by atoms with Crippen LogP contribution in [-0.2, 0) is 0 Å². The minimum Gasteiger partial charge on any atom is -0.394 e. The number of nitrogens with two attached hydrogens (primary N) is 1. The zero-order valence-corrected chi connectivity index (χ0v) is 12.4. The predicted molar refractivity (Wildman–Crippen MR) is 75.9 cm³/mol. The van der Waals surface area contributed by atoms with Gasteiger partial charge in [-0.25, -0.2) is 4.68 Å². The lowest BCUT2D eigenvalue weighted by Gasteiger charge is -2.31. The van der Waals surface area contributed by atoms with E-state index in [1.54, 1.807) is 13.8 Å². The lowest BCUT2D eigenvalue weighted by Crippen LogP contribution is -2.40. The topological polar surface area (TPSA) is 67.3 Å². The summed E-state index contributed by atoms with van der Waals surface area (Å²) >= 11 is 0. The molecular weight excluding hydrogens is 228 g/mol. The van der Waals surface area contributed by atoms with Crippen LogP contribution in [0.25, 0.3) is 0 Å². The summed E-state index contributed by atoms with van der Waals surface area (Å²) in [6.45, 7) is 13.0. The third-order valence-corrected chi connectivity index (χ3v) is 2.85. The van der Waals surface area contributed by atoms with Gasteiger partial charge in [-0.1, -0.05) is 0 Å². The molecule has 5 heteroatoms. The third-order valence-electron chi connectivity index (χ3n) is 2.85. The zero-order valence-electron chi connectivity index (χ0n) is 12.4. The molecule has 0 aliphatic rings. The van der Waals surface area contributed by atoms with Crippen LogP contribution in [-0.4, -0.2) is 33.6 Å². The van der Waals surface area contributed by atoms with Crippen molar-refractivity contribution in [2.45, 2.75) is 53.2 Å². The summed E-state index contributed by atoms with van der Waals surface area (Å²) in [5.41, 5.74) is 6.91. The number of nitrogen functional groups attached to an aromatic ring is 1. The molecule has 0 fully saturated rings. The van der Waals surface area contributed by atoms with Gasteiger partial charge in [0.05, 0.1) is 17.0 Å². The minimum atomic E-state index is -0.761. The van der Waals surface area contributed by atoms with E-state index < -0.39 is 5.60 Å². The number of hydrogen-bond acceptors (Lipinski definition) is 4. The predicted octanol–water partition coefficient (Wildman–Crippen LogP) is 1.95. The zero-order chi connectivity index (χ0) is 14.1. The Hall–Kier alpha value is -1.23. The van der Waals surface area contributed by atoms with E-state index in [0.29, 0.717) is 12.2 Å². The number of aliphatic hydroxyl groups is 1. The van der Waals surface area contributed by atoms with Gasteiger partial charge >= 0.3 is 0 Å². The molecule has 0 aromatic carbocycles. The first-order chi connectivity index (χ1) is 8.17. The number of likely N-dealkylation sites (N-methyl/N-ethyl adjacent to an activating group) is 1. The highest BCUT2D eigenvalue weighted by Gasteiger charge is 2.24. The van der Waals surface area contributed by atoms with E-state index in [0.717, 1.165) is 18.1 Å². The van der Waals surface area contributed by atoms with Gasteiger partial charge in [-0.3, -0.25) is 0 Å². The van der Waals surface area contributed by atoms with E-state index in [4.69, 9.17) is 5.73 Å². The van der Waals surface area contributed by atoms with Crippen molar-refractivity contribution >= 4 is 11.5 Å². The van der Waals surface area contributed by atoms with Crippen LogP contribution in [0.3, 0.4) is 0 Å². The lowest BCUT2D eigenvalue weighted by molar-refractivity contribution is 0.0872. The van der Waals surface area contributed by atoms with Gasteiger partial charge in [-0.05, 0) is 41.5 Å². The maximum atomic E-state index is 10.00. The summed E-state index contributed by atoms with van der Waals surface area (Å²) in [4.78, 5) is 2.08. The molecule has 0 bridgehead atoms. The van der Waals surface area contributed by atoms with Gasteiger partial charge in [0.2, 0.25) is 0 Å². The highest BCUT2D eigenvalue weighted by Crippen LogP contribution is 2.30. The first-order valence-electron chi connectivity index (χ1n) is 6.49. The van der Waals surface area contributed by atoms with Crippen molar-refractivity contribution in [3.63, 3.8) is 0 Å². The van der Waals surface area contributed by atoms with Gasteiger partial charge in [0.25, 0.3) is 0 Å². The van der Waals surface area contributed by atoms with Gasteiger partial charge in [-0.2, -0.15) is 5.10 Å². The highest BCUT2D eigenvalue weighted by atomic mass is 16.3. The van der Waals surface area contributed by atoms with E-state index in [2.05, 4.69) is 30.8 Å². The summed E-state index contributed by atoms with van der Waals surface area (Å²) in [7, 11) is 0. The maximum absolute atomic E-state index is 10.00. The van der Waals surface area contributed by atoms with Gasteiger partial charge in [-0.15, -0.1) is 0 Å². The molecule has 18 heavy (non-hydrogen) atoms. The number of aryl methyl sites for hydroxylation is 1. The van der Waals surface area contributed by atoms with Crippen molar-refractivity contribution in [2.75, 3.05) is 23.7 Å². The van der Waals surface area contributed by atoms with E-state index in [1.807, 2.05) is 11.6 Å². The summed E-state index contributed by atoms with van der Waals surface area (Å²) in [6.07, 6.45) is 0. The molecule has 3 N–H and O–H groups in total. The Kier molecular flexibility index (Phi) is 4.27. The Morgan fingerprint density at radius 2 is 2.00 bits per heavy atom. The second kappa shape index (κ2) is 5.18. The van der Waals surface area contributed by atoms with Crippen LogP contribution in [0, 0.1) is 6.92 Å². The van der Waals surface area contributed by atoms with Crippen LogP contribution >= 0.6 is 0 Å². The molecular formula is C13H26N4O. The van der Waals surface area contributed by atoms with Crippen LogP contribution in [0.1, 0.15) is 46.4 Å². The van der Waals surface area contributed by atoms with E-state index in [1.165, 1.54) is 0 Å². The first-order valence-corrected chi connectivity index (χ1v) is 6.49. The summed E-state index contributed by atoms with van der Waals surface area (Å²) in [5, 5.41) is 14.5. The Balaban J connectivity index is 3.20. The number of rotatable bonds is 5. The van der Waals surface area contributed by atoms with Crippen LogP contribution < -0.4 is 10.6 Å². The number of hydrogen-bond donors (Lipinski definition) is 2. The summed E-state index contributed by atoms with van der Waals surface area (Å²) in [5.74, 6) is 0.909. The fourth-order valence-corrected chi connectivity index (χ4v) is 2.03. The lowest BCUT2D eigenvalue weighted by atomic mass is 10.1. The van der Waals surface area contributed by atoms with Crippen LogP contribution in [0.5, 0.6) is 0 Å². The molecule has 0 amide bonds. The average Bonchev–Trinajstić information content (AvgIpc) is 2.51. The van der Waals surface area contributed by atoms with Crippen LogP contribution in [0.2, 0.25) is 0 Å². The van der Waals surface area contributed by atoms with E-state index in [9.17, 15) is 5.11 Å². The van der Waals surface area contributed by atoms with Crippen molar-refractivity contribution < 1.29 is 5.11 Å². The molecule has 104 valence electrons. The largest absolute Gasteiger partial charge is 0.394 e. The molecule has 0 unspecified atom stereocenters. The molecule has 1 aromatic rings. The van der Waals surface area contributed by atoms with E-state index in [-0.39, 0.29) is 6.04 Å². The van der Waals surface area contributed by atoms with E-state index >= 15 is 0 Å². The first kappa shape index (κ1) is 14.8. The number of nitrogens with zero attached hydrogens (tertiary/aromatic N) is 3. The molecule has 5 nitrogen and oxygen atoms in total. The molecule has 1 aromatic heterocycles. The summed E-state index contributed by atoms with van der Waals surface area (Å²) in [6, 6.07) is 0.242. The summed E-state index contributed by atoms with van der Waals surface area (Å²) < 4.78 is 1.93. The number of anilines is 2. The molecule has 0 atom stereocenters. The molecule has 0 spiro atoms. The van der Waals surface area contributed by atoms with Crippen LogP contribution in [0.4, 0.5) is 11.5 Å². The Bertz CT molecular complexity index is 404. The molecule has 0 aliphatic heterocycles. The molecule has 0 saturated carbocycles. The smallest absolute Gasteiger partial charge is 0.151 e. The Morgan fingerprint density at radius 1 is 1.44 bits per heavy atom. The Morgan fingerprint density at radius 3 is 2.39 bits per heavy atom. The van der Waals surface area contributed by atoms with Crippen molar-refractivity contribution in [3.05, 3.63) is 5.69 Å². The standard InChI is InChI=1S/C13H26N4O/c1-7-16(8-13(5,6)18)12-11(14)10(4)15-17(12)9(2)3/h9,18H,7-8,14H2,1-6H3. The average molecular weight is 254 g/mol. The fraction of sp³-hybridized carbons (Fsp3) is 0.769. The van der Waals surface area contributed by atoms with Gasteiger partial charge in [0, 0.05) is 19.1 Å². The monoisotopic (exact) mass is 254 g/mol. The SMILES string of the molecule is CCN(CC(C)(C)O)c1c(N)c(C)nn1C(C)C. The van der Waals surface area contributed by atoms with Gasteiger partial charge < -0.3 is 15.7 Å². The molecule has 0 radical (unpaired) electrons. The fourth-order valence-electron chi connectivity index (χ4n) is 2.03. The second-order valence-corrected chi connectivity index (χ2v) is 5.69. The second-order valence-electron chi connectivity index (χ2n) is 5.69. The number of aromatic nitrogens is 2. The molecule has 0 aliphatic carbocycles. The maximum Gasteiger partial charge on any atom is 0.151 e. The van der Waals surface area contributed by atoms with Crippen molar-refractivity contribution in [1.82, 2.24) is 9.78 Å². The molecule has 1 rings (SSSR count). The van der Waals surface area contributed by atoms with Gasteiger partial charge in [0.1, 0.15) is 0 Å². The van der Waals surface area contributed by atoms with Crippen molar-refractivity contribution in [2.24, 2.45) is 0 Å². The highest BCUT2D eigenvalue weighted by molar-refractivity contribution is 5.66. The Labute approximate surface area is 110 Å². The van der Waals surface area contributed by atoms with Gasteiger partial charge in [0.15, 0.2) is 5.82 Å².